The summed E-state index contributed by atoms with van der Waals surface area (Å²) in [4.78, 5) is 36.0. The van der Waals surface area contributed by atoms with Crippen LogP contribution in [0.5, 0.6) is 0 Å². The molecule has 0 radical (unpaired) electrons. The number of ether oxygens (including phenoxy) is 1. The third kappa shape index (κ3) is 5.55. The van der Waals surface area contributed by atoms with Gasteiger partial charge in [0.05, 0.1) is 11.4 Å². The van der Waals surface area contributed by atoms with Gasteiger partial charge in [-0.25, -0.2) is 0 Å². The summed E-state index contributed by atoms with van der Waals surface area (Å²) in [7, 11) is 0. The first-order valence-corrected chi connectivity index (χ1v) is 8.28. The first-order valence-electron chi connectivity index (χ1n) is 7.29. The Kier molecular flexibility index (Phi) is 6.57. The largest absolute Gasteiger partial charge is 0.455 e. The molecular weight excluding hydrogens is 326 g/mol. The average molecular weight is 343 g/mol. The van der Waals surface area contributed by atoms with Crippen molar-refractivity contribution in [1.82, 2.24) is 0 Å². The van der Waals surface area contributed by atoms with Crippen molar-refractivity contribution in [3.05, 3.63) is 60.2 Å². The summed E-state index contributed by atoms with van der Waals surface area (Å²) in [5, 5.41) is 2.58. The molecule has 1 amide bonds. The number of rotatable bonds is 7. The van der Waals surface area contributed by atoms with E-state index in [4.69, 9.17) is 4.74 Å². The predicted molar refractivity (Wildman–Crippen MR) is 93.2 cm³/mol. The van der Waals surface area contributed by atoms with Gasteiger partial charge in [-0.1, -0.05) is 30.3 Å². The third-order valence-corrected chi connectivity index (χ3v) is 4.03. The minimum Gasteiger partial charge on any atom is -0.455 e. The van der Waals surface area contributed by atoms with Crippen molar-refractivity contribution in [2.24, 2.45) is 0 Å². The van der Waals surface area contributed by atoms with Gasteiger partial charge in [0.25, 0.3) is 5.91 Å². The SMILES string of the molecule is CC(=O)c1ccccc1NC(=O)COC(=O)CSc1ccccc1. The lowest BCUT2D eigenvalue weighted by Crippen LogP contribution is -2.22. The topological polar surface area (TPSA) is 72.5 Å². The molecule has 0 fully saturated rings. The zero-order chi connectivity index (χ0) is 17.4. The highest BCUT2D eigenvalue weighted by Crippen LogP contribution is 2.17. The van der Waals surface area contributed by atoms with Crippen LogP contribution in [0.15, 0.2) is 59.5 Å². The van der Waals surface area contributed by atoms with E-state index in [-0.39, 0.29) is 18.1 Å². The van der Waals surface area contributed by atoms with Crippen LogP contribution in [0.3, 0.4) is 0 Å². The lowest BCUT2D eigenvalue weighted by molar-refractivity contribution is -0.144. The monoisotopic (exact) mass is 343 g/mol. The fourth-order valence-corrected chi connectivity index (χ4v) is 2.65. The lowest BCUT2D eigenvalue weighted by atomic mass is 10.1. The van der Waals surface area contributed by atoms with E-state index < -0.39 is 11.9 Å². The lowest BCUT2D eigenvalue weighted by Gasteiger charge is -2.09. The number of nitrogens with one attached hydrogen (secondary N) is 1. The van der Waals surface area contributed by atoms with E-state index in [0.29, 0.717) is 11.3 Å². The molecule has 124 valence electrons. The van der Waals surface area contributed by atoms with Gasteiger partial charge in [0.2, 0.25) is 0 Å². The highest BCUT2D eigenvalue weighted by atomic mass is 32.2. The number of benzene rings is 2. The van der Waals surface area contributed by atoms with E-state index in [0.717, 1.165) is 4.90 Å². The molecule has 0 aliphatic rings. The van der Waals surface area contributed by atoms with E-state index in [1.165, 1.54) is 18.7 Å². The van der Waals surface area contributed by atoms with Crippen molar-refractivity contribution in [1.29, 1.82) is 0 Å². The number of thioether (sulfide) groups is 1. The Hall–Kier alpha value is -2.60. The second-order valence-electron chi connectivity index (χ2n) is 4.91. The number of esters is 1. The van der Waals surface area contributed by atoms with E-state index in [1.54, 1.807) is 24.3 Å². The molecule has 1 N–H and O–H groups in total. The minimum atomic E-state index is -0.484. The zero-order valence-electron chi connectivity index (χ0n) is 13.2. The Bertz CT molecular complexity index is 731. The number of carbonyl (C=O) groups excluding carboxylic acids is 3. The summed E-state index contributed by atoms with van der Waals surface area (Å²) in [5.74, 6) is -0.982. The predicted octanol–water partition coefficient (Wildman–Crippen LogP) is 3.16. The van der Waals surface area contributed by atoms with Gasteiger partial charge < -0.3 is 10.1 Å². The summed E-state index contributed by atoms with van der Waals surface area (Å²) in [5.41, 5.74) is 0.821. The number of hydrogen-bond acceptors (Lipinski definition) is 5. The molecule has 0 atom stereocenters. The van der Waals surface area contributed by atoms with Gasteiger partial charge in [0, 0.05) is 10.5 Å². The van der Waals surface area contributed by atoms with E-state index in [1.807, 2.05) is 30.3 Å². The molecule has 0 aromatic heterocycles. The molecule has 0 heterocycles. The van der Waals surface area contributed by atoms with Crippen molar-refractivity contribution in [2.45, 2.75) is 11.8 Å². The van der Waals surface area contributed by atoms with E-state index >= 15 is 0 Å². The molecule has 0 bridgehead atoms. The van der Waals surface area contributed by atoms with Crippen LogP contribution in [-0.4, -0.2) is 30.0 Å². The number of carbonyl (C=O) groups is 3. The molecule has 2 aromatic carbocycles. The molecule has 0 aliphatic carbocycles. The molecule has 6 heteroatoms. The van der Waals surface area contributed by atoms with Crippen molar-refractivity contribution in [3.63, 3.8) is 0 Å². The van der Waals surface area contributed by atoms with Crippen molar-refractivity contribution in [2.75, 3.05) is 17.7 Å². The van der Waals surface area contributed by atoms with Gasteiger partial charge in [-0.3, -0.25) is 14.4 Å². The van der Waals surface area contributed by atoms with Crippen LogP contribution >= 0.6 is 11.8 Å². The van der Waals surface area contributed by atoms with Gasteiger partial charge >= 0.3 is 5.97 Å². The summed E-state index contributed by atoms with van der Waals surface area (Å²) in [6.45, 7) is 1.03. The number of anilines is 1. The van der Waals surface area contributed by atoms with Crippen LogP contribution in [0.25, 0.3) is 0 Å². The second kappa shape index (κ2) is 8.88. The molecule has 0 saturated carbocycles. The standard InChI is InChI=1S/C18H17NO4S/c1-13(20)15-9-5-6-10-16(15)19-17(21)11-23-18(22)12-24-14-7-3-2-4-8-14/h2-10H,11-12H2,1H3,(H,19,21). The van der Waals surface area contributed by atoms with Crippen LogP contribution < -0.4 is 5.32 Å². The maximum Gasteiger partial charge on any atom is 0.316 e. The Morgan fingerprint density at radius 2 is 1.67 bits per heavy atom. The number of hydrogen-bond donors (Lipinski definition) is 1. The van der Waals surface area contributed by atoms with Crippen molar-refractivity contribution >= 4 is 35.1 Å². The first-order chi connectivity index (χ1) is 11.6. The molecule has 0 spiro atoms. The molecule has 0 saturated heterocycles. The van der Waals surface area contributed by atoms with Crippen LogP contribution in [0, 0.1) is 0 Å². The summed E-state index contributed by atoms with van der Waals surface area (Å²) in [6.07, 6.45) is 0. The fraction of sp³-hybridized carbons (Fsp3) is 0.167. The smallest absolute Gasteiger partial charge is 0.316 e. The van der Waals surface area contributed by atoms with Crippen LogP contribution in [-0.2, 0) is 14.3 Å². The molecule has 0 aliphatic heterocycles. The van der Waals surface area contributed by atoms with Gasteiger partial charge in [0.1, 0.15) is 0 Å². The molecule has 5 nitrogen and oxygen atoms in total. The van der Waals surface area contributed by atoms with Crippen molar-refractivity contribution in [3.8, 4) is 0 Å². The fourth-order valence-electron chi connectivity index (χ4n) is 1.93. The van der Waals surface area contributed by atoms with Crippen molar-refractivity contribution < 1.29 is 19.1 Å². The van der Waals surface area contributed by atoms with Crippen LogP contribution in [0.1, 0.15) is 17.3 Å². The Morgan fingerprint density at radius 1 is 1.00 bits per heavy atom. The van der Waals surface area contributed by atoms with Gasteiger partial charge in [-0.2, -0.15) is 0 Å². The van der Waals surface area contributed by atoms with E-state index in [2.05, 4.69) is 5.32 Å². The number of amides is 1. The maximum absolute atomic E-state index is 11.9. The molecule has 0 unspecified atom stereocenters. The van der Waals surface area contributed by atoms with Gasteiger partial charge in [0.15, 0.2) is 12.4 Å². The number of Topliss-reactive ketones (excluding diaryl/α,β-unsaturated/α-hetero) is 1. The third-order valence-electron chi connectivity index (χ3n) is 3.04. The normalized spacial score (nSPS) is 10.0. The number of ketones is 1. The van der Waals surface area contributed by atoms with Crippen LogP contribution in [0.2, 0.25) is 0 Å². The second-order valence-corrected chi connectivity index (χ2v) is 5.96. The molecular formula is C18H17NO4S. The van der Waals surface area contributed by atoms with Gasteiger partial charge in [-0.15, -0.1) is 11.8 Å². The Balaban J connectivity index is 1.79. The highest BCUT2D eigenvalue weighted by Gasteiger charge is 2.12. The summed E-state index contributed by atoms with van der Waals surface area (Å²) >= 11 is 1.34. The molecule has 2 aromatic rings. The summed E-state index contributed by atoms with van der Waals surface area (Å²) < 4.78 is 4.94. The quantitative estimate of drug-likeness (QED) is 0.475. The average Bonchev–Trinajstić information content (AvgIpc) is 2.59. The molecule has 2 rings (SSSR count). The van der Waals surface area contributed by atoms with Crippen LogP contribution in [0.4, 0.5) is 5.69 Å². The molecule has 24 heavy (non-hydrogen) atoms. The van der Waals surface area contributed by atoms with E-state index in [9.17, 15) is 14.4 Å². The van der Waals surface area contributed by atoms with Gasteiger partial charge in [-0.05, 0) is 31.2 Å². The maximum atomic E-state index is 11.9. The number of para-hydroxylation sites is 1. The Labute approximate surface area is 144 Å². The Morgan fingerprint density at radius 3 is 2.38 bits per heavy atom. The minimum absolute atomic E-state index is 0.126. The zero-order valence-corrected chi connectivity index (χ0v) is 14.0. The summed E-state index contributed by atoms with van der Waals surface area (Å²) in [6, 6.07) is 16.1. The highest BCUT2D eigenvalue weighted by molar-refractivity contribution is 8.00. The first kappa shape index (κ1) is 17.7.